The summed E-state index contributed by atoms with van der Waals surface area (Å²) in [4.78, 5) is 21.8. The van der Waals surface area contributed by atoms with Crippen LogP contribution in [-0.2, 0) is 9.59 Å². The SMILES string of the molecule is CC(=O)CCC(=O)Nc1c(F)c(F)c(F)c(F)c1F. The van der Waals surface area contributed by atoms with Gasteiger partial charge >= 0.3 is 0 Å². The van der Waals surface area contributed by atoms with Crippen molar-refractivity contribution in [1.29, 1.82) is 0 Å². The smallest absolute Gasteiger partial charge is 0.224 e. The summed E-state index contributed by atoms with van der Waals surface area (Å²) >= 11 is 0. The number of carbonyl (C=O) groups excluding carboxylic acids is 2. The minimum atomic E-state index is -2.31. The van der Waals surface area contributed by atoms with Crippen LogP contribution in [0.25, 0.3) is 0 Å². The van der Waals surface area contributed by atoms with E-state index >= 15 is 0 Å². The van der Waals surface area contributed by atoms with Gasteiger partial charge in [-0.05, 0) is 6.92 Å². The van der Waals surface area contributed by atoms with Gasteiger partial charge in [0.1, 0.15) is 11.5 Å². The second kappa shape index (κ2) is 5.77. The number of benzene rings is 1. The first kappa shape index (κ1) is 15.1. The summed E-state index contributed by atoms with van der Waals surface area (Å²) < 4.78 is 64.6. The number of anilines is 1. The van der Waals surface area contributed by atoms with Crippen molar-refractivity contribution >= 4 is 17.4 Å². The molecular formula is C11H8F5NO2. The fraction of sp³-hybridized carbons (Fsp3) is 0.273. The highest BCUT2D eigenvalue weighted by molar-refractivity contribution is 5.93. The minimum Gasteiger partial charge on any atom is -0.321 e. The van der Waals surface area contributed by atoms with E-state index in [0.717, 1.165) is 0 Å². The maximum Gasteiger partial charge on any atom is 0.224 e. The van der Waals surface area contributed by atoms with Gasteiger partial charge in [0.25, 0.3) is 0 Å². The summed E-state index contributed by atoms with van der Waals surface area (Å²) in [5.74, 6) is -12.3. The van der Waals surface area contributed by atoms with Crippen LogP contribution in [-0.4, -0.2) is 11.7 Å². The molecule has 0 saturated heterocycles. The molecule has 0 spiro atoms. The second-order valence-corrected chi connectivity index (χ2v) is 3.70. The van der Waals surface area contributed by atoms with Crippen LogP contribution >= 0.6 is 0 Å². The highest BCUT2D eigenvalue weighted by Crippen LogP contribution is 2.27. The molecule has 1 aromatic carbocycles. The monoisotopic (exact) mass is 281 g/mol. The van der Waals surface area contributed by atoms with Crippen molar-refractivity contribution in [1.82, 2.24) is 0 Å². The average Bonchev–Trinajstić information content (AvgIpc) is 2.36. The third-order valence-corrected chi connectivity index (χ3v) is 2.18. The second-order valence-electron chi connectivity index (χ2n) is 3.70. The lowest BCUT2D eigenvalue weighted by Crippen LogP contribution is -2.17. The largest absolute Gasteiger partial charge is 0.321 e. The molecule has 0 atom stereocenters. The van der Waals surface area contributed by atoms with Crippen molar-refractivity contribution in [3.05, 3.63) is 29.1 Å². The Morgan fingerprint density at radius 1 is 0.842 bits per heavy atom. The molecule has 1 aromatic rings. The third kappa shape index (κ3) is 3.27. The summed E-state index contributed by atoms with van der Waals surface area (Å²) in [6.07, 6.45) is -0.629. The van der Waals surface area contributed by atoms with Crippen molar-refractivity contribution in [2.24, 2.45) is 0 Å². The molecule has 104 valence electrons. The van der Waals surface area contributed by atoms with Gasteiger partial charge in [-0.1, -0.05) is 0 Å². The molecule has 0 radical (unpaired) electrons. The Morgan fingerprint density at radius 3 is 1.68 bits per heavy atom. The van der Waals surface area contributed by atoms with E-state index in [1.165, 1.54) is 6.92 Å². The van der Waals surface area contributed by atoms with E-state index in [4.69, 9.17) is 0 Å². The molecule has 0 aliphatic rings. The van der Waals surface area contributed by atoms with E-state index < -0.39 is 47.1 Å². The highest BCUT2D eigenvalue weighted by Gasteiger charge is 2.26. The van der Waals surface area contributed by atoms with E-state index in [1.54, 1.807) is 5.32 Å². The Morgan fingerprint density at radius 2 is 1.26 bits per heavy atom. The lowest BCUT2D eigenvalue weighted by Gasteiger charge is -2.09. The first-order chi connectivity index (χ1) is 8.75. The van der Waals surface area contributed by atoms with Gasteiger partial charge < -0.3 is 10.1 Å². The molecule has 8 heteroatoms. The Bertz CT molecular complexity index is 515. The molecule has 0 aromatic heterocycles. The van der Waals surface area contributed by atoms with Gasteiger partial charge in [-0.3, -0.25) is 4.79 Å². The number of rotatable bonds is 4. The van der Waals surface area contributed by atoms with Crippen LogP contribution in [0.3, 0.4) is 0 Å². The zero-order valence-corrected chi connectivity index (χ0v) is 9.62. The fourth-order valence-corrected chi connectivity index (χ4v) is 1.21. The van der Waals surface area contributed by atoms with Crippen LogP contribution in [0.5, 0.6) is 0 Å². The average molecular weight is 281 g/mol. The van der Waals surface area contributed by atoms with Crippen molar-refractivity contribution < 1.29 is 31.5 Å². The Hall–Kier alpha value is -1.99. The maximum atomic E-state index is 13.2. The van der Waals surface area contributed by atoms with E-state index in [2.05, 4.69) is 0 Å². The maximum absolute atomic E-state index is 13.2. The Kier molecular flexibility index (Phi) is 4.57. The number of nitrogens with one attached hydrogen (secondary N) is 1. The van der Waals surface area contributed by atoms with E-state index in [9.17, 15) is 31.5 Å². The topological polar surface area (TPSA) is 46.2 Å². The lowest BCUT2D eigenvalue weighted by molar-refractivity contribution is -0.121. The normalized spacial score (nSPS) is 10.4. The third-order valence-electron chi connectivity index (χ3n) is 2.18. The van der Waals surface area contributed by atoms with Gasteiger partial charge in [-0.15, -0.1) is 0 Å². The molecule has 0 saturated carbocycles. The van der Waals surface area contributed by atoms with Crippen molar-refractivity contribution in [2.45, 2.75) is 19.8 Å². The minimum absolute atomic E-state index is 0.207. The number of hydrogen-bond acceptors (Lipinski definition) is 2. The molecule has 3 nitrogen and oxygen atoms in total. The Labute approximate surface area is 104 Å². The van der Waals surface area contributed by atoms with E-state index in [0.29, 0.717) is 0 Å². The molecule has 1 rings (SSSR count). The van der Waals surface area contributed by atoms with Crippen LogP contribution in [0.1, 0.15) is 19.8 Å². The molecule has 1 N–H and O–H groups in total. The predicted octanol–water partition coefficient (Wildman–Crippen LogP) is 2.69. The molecule has 0 aliphatic carbocycles. The van der Waals surface area contributed by atoms with Crippen LogP contribution in [0.2, 0.25) is 0 Å². The molecule has 19 heavy (non-hydrogen) atoms. The van der Waals surface area contributed by atoms with Crippen LogP contribution in [0.15, 0.2) is 0 Å². The van der Waals surface area contributed by atoms with Crippen molar-refractivity contribution in [2.75, 3.05) is 5.32 Å². The van der Waals surface area contributed by atoms with E-state index in [-0.39, 0.29) is 12.2 Å². The zero-order chi connectivity index (χ0) is 14.7. The summed E-state index contributed by atoms with van der Waals surface area (Å²) in [7, 11) is 0. The summed E-state index contributed by atoms with van der Waals surface area (Å²) in [6, 6.07) is 0. The van der Waals surface area contributed by atoms with E-state index in [1.807, 2.05) is 0 Å². The molecule has 0 bridgehead atoms. The molecule has 0 aliphatic heterocycles. The summed E-state index contributed by atoms with van der Waals surface area (Å²) in [6.45, 7) is 1.19. The van der Waals surface area contributed by atoms with Crippen molar-refractivity contribution in [3.8, 4) is 0 Å². The summed E-state index contributed by atoms with van der Waals surface area (Å²) in [5, 5.41) is 1.55. The zero-order valence-electron chi connectivity index (χ0n) is 9.62. The van der Waals surface area contributed by atoms with Crippen LogP contribution in [0.4, 0.5) is 27.6 Å². The molecule has 0 heterocycles. The Balaban J connectivity index is 3.02. The summed E-state index contributed by atoms with van der Waals surface area (Å²) in [5.41, 5.74) is -1.43. The van der Waals surface area contributed by atoms with Gasteiger partial charge in [0, 0.05) is 12.8 Å². The number of halogens is 5. The first-order valence-electron chi connectivity index (χ1n) is 5.06. The van der Waals surface area contributed by atoms with Gasteiger partial charge in [0.05, 0.1) is 0 Å². The number of carbonyl (C=O) groups is 2. The molecule has 0 unspecified atom stereocenters. The quantitative estimate of drug-likeness (QED) is 0.524. The molecular weight excluding hydrogens is 273 g/mol. The van der Waals surface area contributed by atoms with Crippen LogP contribution in [0, 0.1) is 29.1 Å². The number of amides is 1. The van der Waals surface area contributed by atoms with Gasteiger partial charge in [-0.2, -0.15) is 0 Å². The molecule has 0 fully saturated rings. The van der Waals surface area contributed by atoms with Gasteiger partial charge in [-0.25, -0.2) is 22.0 Å². The first-order valence-corrected chi connectivity index (χ1v) is 5.06. The standard InChI is InChI=1S/C11H8F5NO2/c1-4(18)2-3-5(19)17-11-9(15)7(13)6(12)8(14)10(11)16/h2-3H2,1H3,(H,17,19). The highest BCUT2D eigenvalue weighted by atomic mass is 19.2. The lowest BCUT2D eigenvalue weighted by atomic mass is 10.2. The van der Waals surface area contributed by atoms with Crippen molar-refractivity contribution in [3.63, 3.8) is 0 Å². The number of ketones is 1. The van der Waals surface area contributed by atoms with Crippen LogP contribution < -0.4 is 5.32 Å². The number of Topliss-reactive ketones (excluding diaryl/α,β-unsaturated/α-hetero) is 1. The predicted molar refractivity (Wildman–Crippen MR) is 54.8 cm³/mol. The fourth-order valence-electron chi connectivity index (χ4n) is 1.21. The van der Waals surface area contributed by atoms with Gasteiger partial charge in [0.15, 0.2) is 23.3 Å². The number of hydrogen-bond donors (Lipinski definition) is 1. The van der Waals surface area contributed by atoms with Gasteiger partial charge in [0.2, 0.25) is 11.7 Å². The molecule has 1 amide bonds.